The van der Waals surface area contributed by atoms with Gasteiger partial charge in [0.2, 0.25) is 0 Å². The number of rotatable bonds is 3. The third-order valence-corrected chi connectivity index (χ3v) is 1.62. The summed E-state index contributed by atoms with van der Waals surface area (Å²) in [5.74, 6) is -2.17. The Morgan fingerprint density at radius 3 is 2.69 bits per heavy atom. The van der Waals surface area contributed by atoms with Crippen molar-refractivity contribution in [1.82, 2.24) is 15.1 Å². The van der Waals surface area contributed by atoms with Gasteiger partial charge in [0.25, 0.3) is 0 Å². The molecule has 0 fully saturated rings. The number of aromatic amines is 1. The van der Waals surface area contributed by atoms with E-state index in [0.29, 0.717) is 12.2 Å². The minimum Gasteiger partial charge on any atom is -0.304 e. The Kier molecular flexibility index (Phi) is 3.53. The maximum absolute atomic E-state index is 11.9. The molecule has 1 aromatic heterocycles. The highest BCUT2D eigenvalue weighted by molar-refractivity contribution is 5.94. The van der Waals surface area contributed by atoms with Crippen LogP contribution in [0.4, 0.5) is 19.0 Å². The second-order valence-electron chi connectivity index (χ2n) is 3.47. The molecule has 0 atom stereocenters. The summed E-state index contributed by atoms with van der Waals surface area (Å²) in [6.45, 7) is 0.495. The molecule has 1 rings (SSSR count). The molecule has 0 spiro atoms. The lowest BCUT2D eigenvalue weighted by Crippen LogP contribution is -2.30. The summed E-state index contributed by atoms with van der Waals surface area (Å²) in [6.07, 6.45) is -4.90. The average Bonchev–Trinajstić information content (AvgIpc) is 2.49. The van der Waals surface area contributed by atoms with Crippen LogP contribution < -0.4 is 5.32 Å². The fourth-order valence-corrected chi connectivity index (χ4v) is 1.03. The van der Waals surface area contributed by atoms with Crippen LogP contribution in [0.3, 0.4) is 0 Å². The first kappa shape index (κ1) is 12.5. The van der Waals surface area contributed by atoms with E-state index in [9.17, 15) is 18.0 Å². The van der Waals surface area contributed by atoms with Crippen LogP contribution in [0.5, 0.6) is 0 Å². The van der Waals surface area contributed by atoms with Crippen molar-refractivity contribution in [2.45, 2.75) is 12.7 Å². The van der Waals surface area contributed by atoms with E-state index >= 15 is 0 Å². The third-order valence-electron chi connectivity index (χ3n) is 1.62. The van der Waals surface area contributed by atoms with Gasteiger partial charge in [-0.3, -0.25) is 9.89 Å². The first-order valence-electron chi connectivity index (χ1n) is 4.36. The number of nitrogens with one attached hydrogen (secondary N) is 2. The SMILES string of the molecule is CN(C)Cc1cc(NC(=O)C(F)(F)F)n[nH]1. The number of alkyl halides is 3. The van der Waals surface area contributed by atoms with Crippen molar-refractivity contribution in [3.05, 3.63) is 11.8 Å². The Bertz CT molecular complexity index is 372. The zero-order valence-corrected chi connectivity index (χ0v) is 8.72. The van der Waals surface area contributed by atoms with Crippen LogP contribution in [0.1, 0.15) is 5.69 Å². The Hall–Kier alpha value is -1.57. The number of carbonyl (C=O) groups is 1. The summed E-state index contributed by atoms with van der Waals surface area (Å²) >= 11 is 0. The highest BCUT2D eigenvalue weighted by Gasteiger charge is 2.39. The van der Waals surface area contributed by atoms with E-state index in [-0.39, 0.29) is 5.82 Å². The van der Waals surface area contributed by atoms with Crippen molar-refractivity contribution in [2.24, 2.45) is 0 Å². The van der Waals surface area contributed by atoms with Gasteiger partial charge in [-0.1, -0.05) is 0 Å². The number of halogens is 3. The van der Waals surface area contributed by atoms with Crippen LogP contribution >= 0.6 is 0 Å². The summed E-state index contributed by atoms with van der Waals surface area (Å²) < 4.78 is 35.7. The van der Waals surface area contributed by atoms with Crippen LogP contribution in [-0.2, 0) is 11.3 Å². The van der Waals surface area contributed by atoms with E-state index in [0.717, 1.165) is 0 Å². The van der Waals surface area contributed by atoms with Gasteiger partial charge in [0.15, 0.2) is 5.82 Å². The van der Waals surface area contributed by atoms with Crippen molar-refractivity contribution in [2.75, 3.05) is 19.4 Å². The summed E-state index contributed by atoms with van der Waals surface area (Å²) in [5, 5.41) is 7.71. The van der Waals surface area contributed by atoms with Crippen molar-refractivity contribution in [3.8, 4) is 0 Å². The molecule has 0 aliphatic rings. The lowest BCUT2D eigenvalue weighted by Gasteiger charge is -2.06. The van der Waals surface area contributed by atoms with E-state index in [2.05, 4.69) is 10.2 Å². The highest BCUT2D eigenvalue weighted by atomic mass is 19.4. The zero-order chi connectivity index (χ0) is 12.3. The third kappa shape index (κ3) is 3.54. The predicted octanol–water partition coefficient (Wildman–Crippen LogP) is 0.972. The molecule has 8 heteroatoms. The Balaban J connectivity index is 2.62. The molecule has 0 saturated carbocycles. The van der Waals surface area contributed by atoms with E-state index in [1.165, 1.54) is 6.07 Å². The van der Waals surface area contributed by atoms with Gasteiger partial charge in [-0.05, 0) is 14.1 Å². The molecule has 0 aromatic carbocycles. The molecular weight excluding hydrogens is 225 g/mol. The Morgan fingerprint density at radius 1 is 1.56 bits per heavy atom. The van der Waals surface area contributed by atoms with Gasteiger partial charge < -0.3 is 10.2 Å². The van der Waals surface area contributed by atoms with E-state index < -0.39 is 12.1 Å². The average molecular weight is 236 g/mol. The molecular formula is C8H11F3N4O. The van der Waals surface area contributed by atoms with Crippen LogP contribution in [0, 0.1) is 0 Å². The number of nitrogens with zero attached hydrogens (tertiary/aromatic N) is 2. The summed E-state index contributed by atoms with van der Waals surface area (Å²) in [6, 6.07) is 1.35. The molecule has 16 heavy (non-hydrogen) atoms. The standard InChI is InChI=1S/C8H11F3N4O/c1-15(2)4-5-3-6(14-13-5)12-7(16)8(9,10)11/h3H,4H2,1-2H3,(H2,12,13,14,16). The Labute approximate surface area is 89.6 Å². The molecule has 1 amide bonds. The predicted molar refractivity (Wildman–Crippen MR) is 50.7 cm³/mol. The number of hydrogen-bond acceptors (Lipinski definition) is 3. The van der Waals surface area contributed by atoms with E-state index in [1.807, 2.05) is 4.90 Å². The normalized spacial score (nSPS) is 11.9. The topological polar surface area (TPSA) is 61.0 Å². The molecule has 0 bridgehead atoms. The largest absolute Gasteiger partial charge is 0.471 e. The second kappa shape index (κ2) is 4.52. The number of H-pyrrole nitrogens is 1. The fraction of sp³-hybridized carbons (Fsp3) is 0.500. The maximum atomic E-state index is 11.9. The smallest absolute Gasteiger partial charge is 0.304 e. The van der Waals surface area contributed by atoms with Crippen LogP contribution in [0.25, 0.3) is 0 Å². The lowest BCUT2D eigenvalue weighted by molar-refractivity contribution is -0.167. The van der Waals surface area contributed by atoms with Gasteiger partial charge in [-0.15, -0.1) is 0 Å². The monoisotopic (exact) mass is 236 g/mol. The number of anilines is 1. The summed E-state index contributed by atoms with van der Waals surface area (Å²) in [5.41, 5.74) is 0.613. The number of aromatic nitrogens is 2. The van der Waals surface area contributed by atoms with E-state index in [4.69, 9.17) is 0 Å². The first-order chi connectivity index (χ1) is 7.29. The van der Waals surface area contributed by atoms with Gasteiger partial charge in [0.1, 0.15) is 0 Å². The molecule has 0 aliphatic carbocycles. The summed E-state index contributed by atoms with van der Waals surface area (Å²) in [4.78, 5) is 12.4. The van der Waals surface area contributed by atoms with Gasteiger partial charge in [-0.25, -0.2) is 0 Å². The fourth-order valence-electron chi connectivity index (χ4n) is 1.03. The summed E-state index contributed by atoms with van der Waals surface area (Å²) in [7, 11) is 3.60. The maximum Gasteiger partial charge on any atom is 0.471 e. The van der Waals surface area contributed by atoms with Gasteiger partial charge in [-0.2, -0.15) is 18.3 Å². The van der Waals surface area contributed by atoms with Gasteiger partial charge >= 0.3 is 12.1 Å². The second-order valence-corrected chi connectivity index (χ2v) is 3.47. The molecule has 0 aliphatic heterocycles. The van der Waals surface area contributed by atoms with Crippen LogP contribution in [0.2, 0.25) is 0 Å². The number of amides is 1. The molecule has 0 radical (unpaired) electrons. The quantitative estimate of drug-likeness (QED) is 0.822. The highest BCUT2D eigenvalue weighted by Crippen LogP contribution is 2.17. The molecule has 0 unspecified atom stereocenters. The van der Waals surface area contributed by atoms with E-state index in [1.54, 1.807) is 19.4 Å². The molecule has 2 N–H and O–H groups in total. The number of carbonyl (C=O) groups excluding carboxylic acids is 1. The van der Waals surface area contributed by atoms with Gasteiger partial charge in [0.05, 0.1) is 5.69 Å². The first-order valence-corrected chi connectivity index (χ1v) is 4.36. The minimum absolute atomic E-state index is 0.140. The molecule has 5 nitrogen and oxygen atoms in total. The Morgan fingerprint density at radius 2 is 2.19 bits per heavy atom. The molecule has 1 aromatic rings. The molecule has 90 valence electrons. The number of hydrogen-bond donors (Lipinski definition) is 2. The molecule has 0 saturated heterocycles. The van der Waals surface area contributed by atoms with Crippen molar-refractivity contribution in [1.29, 1.82) is 0 Å². The van der Waals surface area contributed by atoms with Crippen molar-refractivity contribution < 1.29 is 18.0 Å². The van der Waals surface area contributed by atoms with Gasteiger partial charge in [0, 0.05) is 12.6 Å². The molecule has 1 heterocycles. The van der Waals surface area contributed by atoms with Crippen molar-refractivity contribution in [3.63, 3.8) is 0 Å². The van der Waals surface area contributed by atoms with Crippen molar-refractivity contribution >= 4 is 11.7 Å². The lowest BCUT2D eigenvalue weighted by atomic mass is 10.4. The minimum atomic E-state index is -4.90. The van der Waals surface area contributed by atoms with Crippen LogP contribution in [-0.4, -0.2) is 41.3 Å². The zero-order valence-electron chi connectivity index (χ0n) is 8.72. The van der Waals surface area contributed by atoms with Crippen LogP contribution in [0.15, 0.2) is 6.07 Å².